The summed E-state index contributed by atoms with van der Waals surface area (Å²) < 4.78 is 0. The quantitative estimate of drug-likeness (QED) is 0.483. The third kappa shape index (κ3) is 8.94. The first kappa shape index (κ1) is 20.2. The third-order valence-corrected chi connectivity index (χ3v) is 4.64. The van der Waals surface area contributed by atoms with Gasteiger partial charge >= 0.3 is 116 Å². The molecule has 1 aromatic carbocycles. The van der Waals surface area contributed by atoms with E-state index < -0.39 is 7.94 Å². The number of hydrogen-bond donors (Lipinski definition) is 3. The maximum absolute atomic E-state index is 9.42. The van der Waals surface area contributed by atoms with Crippen LogP contribution in [-0.4, -0.2) is 21.5 Å². The summed E-state index contributed by atoms with van der Waals surface area (Å²) in [6.07, 6.45) is 9.42. The van der Waals surface area contributed by atoms with Crippen molar-refractivity contribution in [1.82, 2.24) is 0 Å². The Kier molecular flexibility index (Phi) is 11.4. The van der Waals surface area contributed by atoms with E-state index in [1.54, 1.807) is 12.1 Å². The molecule has 0 aliphatic rings. The maximum atomic E-state index is 9.42. The van der Waals surface area contributed by atoms with Crippen molar-refractivity contribution in [3.05, 3.63) is 29.8 Å². The molecule has 0 unspecified atom stereocenters. The summed E-state index contributed by atoms with van der Waals surface area (Å²) in [6, 6.07) is 7.09. The third-order valence-electron chi connectivity index (χ3n) is 3.43. The van der Waals surface area contributed by atoms with Crippen LogP contribution in [0.3, 0.4) is 0 Å². The predicted molar refractivity (Wildman–Crippen MR) is 89.9 cm³/mol. The zero-order valence-electron chi connectivity index (χ0n) is 12.9. The van der Waals surface area contributed by atoms with Gasteiger partial charge in [-0.05, 0) is 0 Å². The number of carbonyl (C=O) groups is 1. The molecule has 3 N–H and O–H groups in total. The molecule has 0 spiro atoms. The van der Waals surface area contributed by atoms with Crippen molar-refractivity contribution in [3.8, 4) is 0 Å². The Bertz CT molecular complexity index is 377. The molecule has 0 atom stereocenters. The van der Waals surface area contributed by atoms with Crippen molar-refractivity contribution in [2.75, 3.05) is 0 Å². The van der Waals surface area contributed by atoms with E-state index in [-0.39, 0.29) is 0 Å². The van der Waals surface area contributed by atoms with Crippen LogP contribution >= 0.6 is 7.94 Å². The number of unbranched alkanes of at least 4 members (excludes halogenated alkanes) is 6. The fourth-order valence-corrected chi connectivity index (χ4v) is 3.30. The van der Waals surface area contributed by atoms with Gasteiger partial charge < -0.3 is 4.79 Å². The van der Waals surface area contributed by atoms with Gasteiger partial charge in [0.05, 0.1) is 0 Å². The van der Waals surface area contributed by atoms with Crippen molar-refractivity contribution in [1.29, 1.82) is 0 Å². The first-order valence-electron chi connectivity index (χ1n) is 7.60. The molecule has 0 fully saturated rings. The van der Waals surface area contributed by atoms with Crippen LogP contribution in [0.2, 0.25) is 0 Å². The van der Waals surface area contributed by atoms with Crippen LogP contribution in [0.15, 0.2) is 24.3 Å². The minimum absolute atomic E-state index is 0.334. The Morgan fingerprint density at radius 1 is 0.905 bits per heavy atom. The van der Waals surface area contributed by atoms with Crippen LogP contribution in [0.25, 0.3) is 0 Å². The van der Waals surface area contributed by atoms with Gasteiger partial charge in [-0.15, -0.1) is 0 Å². The Morgan fingerprint density at radius 3 is 2.00 bits per heavy atom. The summed E-state index contributed by atoms with van der Waals surface area (Å²) in [5, 5.41) is 0.334. The number of carbonyl (C=O) groups excluding carboxylic acids is 1. The predicted octanol–water partition coefficient (Wildman–Crippen LogP) is 2.89. The summed E-state index contributed by atoms with van der Waals surface area (Å²) in [5.74, 6) is 0. The molecule has 0 saturated carbocycles. The fraction of sp³-hybridized carbons (Fsp3) is 0.562. The van der Waals surface area contributed by atoms with Gasteiger partial charge in [0.25, 0.3) is 0 Å². The number of aryl methyl sites for hydroxylation is 1. The van der Waals surface area contributed by atoms with E-state index >= 15 is 0 Å². The monoisotopic (exact) mass is 316 g/mol. The zero-order chi connectivity index (χ0) is 16.1. The number of benzene rings is 1. The second-order valence-corrected chi connectivity index (χ2v) is 6.97. The summed E-state index contributed by atoms with van der Waals surface area (Å²) in [4.78, 5) is 36.3. The Hall–Kier alpha value is -0.800. The molecule has 0 aliphatic heterocycles. The Balaban J connectivity index is 0.00000191. The molecule has 0 heterocycles. The molecule has 21 heavy (non-hydrogen) atoms. The van der Waals surface area contributed by atoms with Gasteiger partial charge in [0.15, 0.2) is 0 Å². The SMILES string of the molecule is C=O.CCCCCCCCCc1ccccc1[PH](O)(O)O. The molecule has 5 heteroatoms. The Morgan fingerprint density at radius 2 is 1.43 bits per heavy atom. The topological polar surface area (TPSA) is 77.8 Å². The molecule has 122 valence electrons. The molecule has 0 aliphatic carbocycles. The summed E-state index contributed by atoms with van der Waals surface area (Å²) in [7, 11) is -4.16. The van der Waals surface area contributed by atoms with Crippen LogP contribution in [0.1, 0.15) is 57.4 Å². The van der Waals surface area contributed by atoms with Crippen LogP contribution in [0.5, 0.6) is 0 Å². The van der Waals surface area contributed by atoms with Crippen molar-refractivity contribution in [2.45, 2.75) is 58.3 Å². The van der Waals surface area contributed by atoms with E-state index in [2.05, 4.69) is 6.92 Å². The zero-order valence-corrected chi connectivity index (χ0v) is 13.9. The molecule has 0 radical (unpaired) electrons. The standard InChI is InChI=1S/C15H27O3P.CH2O/c1-2-3-4-5-6-7-8-11-14-12-9-10-13-15(14)19(16,17)18;1-2/h9-10,12-13,16-19H,2-8,11H2,1H3;1H2. The Labute approximate surface area is 128 Å². The van der Waals surface area contributed by atoms with Gasteiger partial charge in [0.2, 0.25) is 0 Å². The summed E-state index contributed by atoms with van der Waals surface area (Å²) >= 11 is 0. The van der Waals surface area contributed by atoms with Crippen LogP contribution in [0, 0.1) is 0 Å². The van der Waals surface area contributed by atoms with E-state index in [1.807, 2.05) is 18.9 Å². The van der Waals surface area contributed by atoms with Crippen molar-refractivity contribution in [3.63, 3.8) is 0 Å². The molecule has 1 rings (SSSR count). The van der Waals surface area contributed by atoms with E-state index in [9.17, 15) is 14.7 Å². The van der Waals surface area contributed by atoms with Crippen LogP contribution in [-0.2, 0) is 11.2 Å². The van der Waals surface area contributed by atoms with Crippen molar-refractivity contribution in [2.24, 2.45) is 0 Å². The molecule has 0 bridgehead atoms. The van der Waals surface area contributed by atoms with Gasteiger partial charge in [-0.2, -0.15) is 0 Å². The molecule has 0 saturated heterocycles. The van der Waals surface area contributed by atoms with E-state index in [0.29, 0.717) is 5.30 Å². The van der Waals surface area contributed by atoms with Gasteiger partial charge in [0, 0.05) is 0 Å². The average molecular weight is 316 g/mol. The van der Waals surface area contributed by atoms with Gasteiger partial charge in [-0.1, -0.05) is 0 Å². The van der Waals surface area contributed by atoms with Gasteiger partial charge in [-0.25, -0.2) is 0 Å². The molecule has 0 amide bonds. The molecule has 0 aromatic heterocycles. The first-order valence-corrected chi connectivity index (χ1v) is 9.44. The van der Waals surface area contributed by atoms with E-state index in [0.717, 1.165) is 24.8 Å². The van der Waals surface area contributed by atoms with Gasteiger partial charge in [-0.3, -0.25) is 0 Å². The van der Waals surface area contributed by atoms with Gasteiger partial charge in [0.1, 0.15) is 6.79 Å². The second-order valence-electron chi connectivity index (χ2n) is 5.16. The second kappa shape index (κ2) is 11.8. The average Bonchev–Trinajstić information content (AvgIpc) is 2.48. The summed E-state index contributed by atoms with van der Waals surface area (Å²) in [6.45, 7) is 4.21. The fourth-order valence-electron chi connectivity index (χ4n) is 2.34. The normalized spacial score (nSPS) is 11.6. The van der Waals surface area contributed by atoms with Crippen LogP contribution in [0.4, 0.5) is 0 Å². The van der Waals surface area contributed by atoms with Crippen molar-refractivity contribution >= 4 is 20.0 Å². The molecule has 1 aromatic rings. The van der Waals surface area contributed by atoms with E-state index in [4.69, 9.17) is 4.79 Å². The number of hydrogen-bond acceptors (Lipinski definition) is 4. The summed E-state index contributed by atoms with van der Waals surface area (Å²) in [5.41, 5.74) is 0.871. The molecule has 4 nitrogen and oxygen atoms in total. The number of rotatable bonds is 9. The van der Waals surface area contributed by atoms with E-state index in [1.165, 1.54) is 32.1 Å². The minimum atomic E-state index is -4.16. The first-order chi connectivity index (χ1) is 10.1. The molecular weight excluding hydrogens is 287 g/mol. The van der Waals surface area contributed by atoms with Crippen molar-refractivity contribution < 1.29 is 19.5 Å². The van der Waals surface area contributed by atoms with Crippen LogP contribution < -0.4 is 5.30 Å². The molecular formula is C16H29O4P.